The van der Waals surface area contributed by atoms with Crippen molar-refractivity contribution < 1.29 is 9.59 Å². The molecule has 8 heteroatoms. The lowest BCUT2D eigenvalue weighted by Gasteiger charge is -2.43. The number of hydrogen-bond donors (Lipinski definition) is 4. The van der Waals surface area contributed by atoms with E-state index in [1.807, 2.05) is 29.2 Å². The normalized spacial score (nSPS) is 27.4. The Bertz CT molecular complexity index is 833. The molecule has 2 aliphatic heterocycles. The van der Waals surface area contributed by atoms with Crippen LogP contribution in [-0.4, -0.2) is 54.4 Å². The fourth-order valence-electron chi connectivity index (χ4n) is 5.70. The summed E-state index contributed by atoms with van der Waals surface area (Å²) in [6.45, 7) is 2.12. The van der Waals surface area contributed by atoms with E-state index >= 15 is 0 Å². The topological polar surface area (TPSA) is 126 Å². The van der Waals surface area contributed by atoms with Gasteiger partial charge in [0.15, 0.2) is 5.96 Å². The van der Waals surface area contributed by atoms with Crippen LogP contribution < -0.4 is 22.1 Å². The van der Waals surface area contributed by atoms with Crippen molar-refractivity contribution in [2.45, 2.75) is 63.5 Å². The first-order valence-electron chi connectivity index (χ1n) is 12.0. The van der Waals surface area contributed by atoms with Gasteiger partial charge in [-0.1, -0.05) is 31.4 Å². The lowest BCUT2D eigenvalue weighted by Crippen LogP contribution is -2.58. The monoisotopic (exact) mass is 440 g/mol. The van der Waals surface area contributed by atoms with Crippen molar-refractivity contribution in [2.24, 2.45) is 28.3 Å². The van der Waals surface area contributed by atoms with E-state index in [-0.39, 0.29) is 29.9 Å². The van der Waals surface area contributed by atoms with Gasteiger partial charge < -0.3 is 27.0 Å². The Labute approximate surface area is 190 Å². The highest BCUT2D eigenvalue weighted by molar-refractivity contribution is 5.90. The van der Waals surface area contributed by atoms with Gasteiger partial charge in [-0.2, -0.15) is 0 Å². The molecule has 3 aliphatic rings. The van der Waals surface area contributed by atoms with Gasteiger partial charge in [0.05, 0.1) is 11.7 Å². The molecule has 0 unspecified atom stereocenters. The molecule has 1 aromatic carbocycles. The molecule has 6 N–H and O–H groups in total. The zero-order chi connectivity index (χ0) is 22.5. The van der Waals surface area contributed by atoms with E-state index in [0.717, 1.165) is 31.4 Å². The number of amides is 2. The maximum Gasteiger partial charge on any atom is 0.242 e. The molecule has 3 fully saturated rings. The molecule has 0 bridgehead atoms. The number of carbonyl (C=O) groups is 2. The van der Waals surface area contributed by atoms with Gasteiger partial charge in [0.1, 0.15) is 6.04 Å². The number of guanidine groups is 1. The maximum atomic E-state index is 13.4. The third-order valence-electron chi connectivity index (χ3n) is 7.29. The summed E-state index contributed by atoms with van der Waals surface area (Å²) in [5, 5.41) is 6.53. The number of carbonyl (C=O) groups excluding carboxylic acids is 2. The molecule has 32 heavy (non-hydrogen) atoms. The van der Waals surface area contributed by atoms with Gasteiger partial charge in [0.25, 0.3) is 0 Å². The average molecular weight is 441 g/mol. The first-order chi connectivity index (χ1) is 15.5. The number of aliphatic imine (C=N–C) groups is 1. The summed E-state index contributed by atoms with van der Waals surface area (Å²) in [5.41, 5.74) is 12.6. The molecule has 8 nitrogen and oxygen atoms in total. The molecule has 0 radical (unpaired) electrons. The predicted octanol–water partition coefficient (Wildman–Crippen LogP) is 1.41. The van der Waals surface area contributed by atoms with Crippen LogP contribution in [0.2, 0.25) is 0 Å². The molecule has 0 aromatic heterocycles. The van der Waals surface area contributed by atoms with Crippen LogP contribution in [0, 0.1) is 11.8 Å². The fourth-order valence-corrected chi connectivity index (χ4v) is 5.70. The van der Waals surface area contributed by atoms with E-state index in [2.05, 4.69) is 15.6 Å². The third kappa shape index (κ3) is 5.23. The average Bonchev–Trinajstić information content (AvgIpc) is 3.29. The van der Waals surface area contributed by atoms with E-state index in [0.29, 0.717) is 37.0 Å². The number of nitrogens with one attached hydrogen (secondary N) is 2. The molecule has 1 saturated carbocycles. The van der Waals surface area contributed by atoms with Crippen LogP contribution in [0.1, 0.15) is 50.5 Å². The number of fused-ring (bicyclic) bond motifs is 1. The number of piperidine rings is 1. The molecule has 4 atom stereocenters. The van der Waals surface area contributed by atoms with Crippen molar-refractivity contribution in [1.29, 1.82) is 0 Å². The molecular formula is C24H36N6O2. The zero-order valence-electron chi connectivity index (χ0n) is 18.8. The first kappa shape index (κ1) is 22.6. The second-order valence-electron chi connectivity index (χ2n) is 9.36. The molecular weight excluding hydrogens is 404 g/mol. The summed E-state index contributed by atoms with van der Waals surface area (Å²) in [4.78, 5) is 32.2. The van der Waals surface area contributed by atoms with Gasteiger partial charge in [-0.15, -0.1) is 0 Å². The van der Waals surface area contributed by atoms with Gasteiger partial charge >= 0.3 is 0 Å². The van der Waals surface area contributed by atoms with Crippen LogP contribution in [0.4, 0.5) is 5.69 Å². The standard InChI is InChI=1S/C24H36N6O2/c25-24(26)29-18-9-7-16(8-10-18)11-13-28-22(31)20-6-3-15-30(20)23(32)21-19-5-2-1-4-17(19)12-14-27-21/h7-10,17,19-21,27H,1-6,11-15H2,(H,28,31)(H4,25,26,29)/t17-,19-,20-,21+/m0/s1. The number of likely N-dealkylation sites (tertiary alicyclic amines) is 1. The Morgan fingerprint density at radius 3 is 2.62 bits per heavy atom. The van der Waals surface area contributed by atoms with Crippen molar-refractivity contribution in [3.8, 4) is 0 Å². The number of rotatable bonds is 6. The highest BCUT2D eigenvalue weighted by Crippen LogP contribution is 2.37. The largest absolute Gasteiger partial charge is 0.370 e. The summed E-state index contributed by atoms with van der Waals surface area (Å²) < 4.78 is 0. The minimum absolute atomic E-state index is 0.0307. The van der Waals surface area contributed by atoms with Crippen LogP contribution in [0.15, 0.2) is 29.3 Å². The van der Waals surface area contributed by atoms with Crippen LogP contribution in [0.25, 0.3) is 0 Å². The van der Waals surface area contributed by atoms with Crippen molar-refractivity contribution >= 4 is 23.5 Å². The fraction of sp³-hybridized carbons (Fsp3) is 0.625. The van der Waals surface area contributed by atoms with E-state index in [4.69, 9.17) is 11.5 Å². The minimum Gasteiger partial charge on any atom is -0.370 e. The van der Waals surface area contributed by atoms with E-state index in [1.54, 1.807) is 0 Å². The van der Waals surface area contributed by atoms with Gasteiger partial charge in [-0.25, -0.2) is 4.99 Å². The molecule has 174 valence electrons. The van der Waals surface area contributed by atoms with Crippen molar-refractivity contribution in [3.05, 3.63) is 29.8 Å². The van der Waals surface area contributed by atoms with E-state index in [1.165, 1.54) is 25.7 Å². The summed E-state index contributed by atoms with van der Waals surface area (Å²) in [6.07, 6.45) is 8.38. The van der Waals surface area contributed by atoms with Gasteiger partial charge in [-0.05, 0) is 68.2 Å². The van der Waals surface area contributed by atoms with Crippen LogP contribution >= 0.6 is 0 Å². The minimum atomic E-state index is -0.350. The van der Waals surface area contributed by atoms with Crippen LogP contribution in [-0.2, 0) is 16.0 Å². The summed E-state index contributed by atoms with van der Waals surface area (Å²) in [6, 6.07) is 7.14. The SMILES string of the molecule is NC(N)=Nc1ccc(CCNC(=O)[C@@H]2CCCN2C(=O)[C@@H]2NCC[C@@H]3CCCC[C@@H]32)cc1. The lowest BCUT2D eigenvalue weighted by molar-refractivity contribution is -0.142. The van der Waals surface area contributed by atoms with Gasteiger partial charge in [0, 0.05) is 13.1 Å². The molecule has 1 aliphatic carbocycles. The summed E-state index contributed by atoms with van der Waals surface area (Å²) >= 11 is 0. The quantitative estimate of drug-likeness (QED) is 0.393. The number of nitrogens with two attached hydrogens (primary N) is 2. The Morgan fingerprint density at radius 2 is 1.84 bits per heavy atom. The molecule has 4 rings (SSSR count). The number of benzene rings is 1. The number of nitrogens with zero attached hydrogens (tertiary/aromatic N) is 2. The maximum absolute atomic E-state index is 13.4. The molecule has 2 heterocycles. The summed E-state index contributed by atoms with van der Waals surface area (Å²) in [5.74, 6) is 1.21. The highest BCUT2D eigenvalue weighted by atomic mass is 16.2. The van der Waals surface area contributed by atoms with Crippen molar-refractivity contribution in [1.82, 2.24) is 15.5 Å². The van der Waals surface area contributed by atoms with Crippen molar-refractivity contribution in [3.63, 3.8) is 0 Å². The summed E-state index contributed by atoms with van der Waals surface area (Å²) in [7, 11) is 0. The van der Waals surface area contributed by atoms with E-state index in [9.17, 15) is 9.59 Å². The molecule has 2 saturated heterocycles. The Hall–Kier alpha value is -2.61. The second kappa shape index (κ2) is 10.3. The second-order valence-corrected chi connectivity index (χ2v) is 9.36. The van der Waals surface area contributed by atoms with Crippen LogP contribution in [0.5, 0.6) is 0 Å². The Kier molecular flexibility index (Phi) is 7.29. The predicted molar refractivity (Wildman–Crippen MR) is 125 cm³/mol. The smallest absolute Gasteiger partial charge is 0.242 e. The van der Waals surface area contributed by atoms with E-state index < -0.39 is 0 Å². The van der Waals surface area contributed by atoms with Crippen LogP contribution in [0.3, 0.4) is 0 Å². The Balaban J connectivity index is 1.30. The highest BCUT2D eigenvalue weighted by Gasteiger charge is 2.43. The number of hydrogen-bond acceptors (Lipinski definition) is 4. The molecule has 1 aromatic rings. The third-order valence-corrected chi connectivity index (χ3v) is 7.29. The van der Waals surface area contributed by atoms with Gasteiger partial charge in [0.2, 0.25) is 11.8 Å². The molecule has 2 amide bonds. The molecule has 0 spiro atoms. The van der Waals surface area contributed by atoms with Gasteiger partial charge in [-0.3, -0.25) is 9.59 Å². The first-order valence-corrected chi connectivity index (χ1v) is 12.0. The Morgan fingerprint density at radius 1 is 1.06 bits per heavy atom. The zero-order valence-corrected chi connectivity index (χ0v) is 18.8. The van der Waals surface area contributed by atoms with Crippen molar-refractivity contribution in [2.75, 3.05) is 19.6 Å². The lowest BCUT2D eigenvalue weighted by atomic mass is 9.71.